The highest BCUT2D eigenvalue weighted by molar-refractivity contribution is 6.04. The zero-order valence-corrected chi connectivity index (χ0v) is 19.2. The first-order valence-corrected chi connectivity index (χ1v) is 11.9. The van der Waals surface area contributed by atoms with Gasteiger partial charge in [0.25, 0.3) is 0 Å². The molecule has 2 rings (SSSR count). The predicted octanol–water partition coefficient (Wildman–Crippen LogP) is 5.04. The Morgan fingerprint density at radius 2 is 2.10 bits per heavy atom. The lowest BCUT2D eigenvalue weighted by molar-refractivity contribution is -0.121. The molecule has 2 aliphatic rings. The number of epoxide rings is 1. The second-order valence-electron chi connectivity index (χ2n) is 8.71. The van der Waals surface area contributed by atoms with E-state index in [-0.39, 0.29) is 23.9 Å². The number of carbonyl (C=O) groups is 2. The van der Waals surface area contributed by atoms with Crippen LogP contribution in [-0.4, -0.2) is 43.2 Å². The quantitative estimate of drug-likeness (QED) is 0.216. The lowest BCUT2D eigenvalue weighted by atomic mass is 9.85. The van der Waals surface area contributed by atoms with Crippen LogP contribution in [0.5, 0.6) is 0 Å². The molecular weight excluding hydrogens is 378 g/mol. The van der Waals surface area contributed by atoms with E-state index in [2.05, 4.69) is 24.4 Å². The Balaban J connectivity index is 1.50. The van der Waals surface area contributed by atoms with E-state index in [4.69, 9.17) is 9.47 Å². The molecule has 1 heterocycles. The molecule has 1 aliphatic carbocycles. The van der Waals surface area contributed by atoms with Crippen LogP contribution >= 0.6 is 0 Å². The van der Waals surface area contributed by atoms with Gasteiger partial charge in [0, 0.05) is 20.1 Å². The monoisotopic (exact) mass is 419 g/mol. The summed E-state index contributed by atoms with van der Waals surface area (Å²) in [5.41, 5.74) is 0.229. The fraction of sp³-hybridized carbons (Fsp3) is 0.760. The van der Waals surface area contributed by atoms with Gasteiger partial charge in [-0.25, -0.2) is 0 Å². The van der Waals surface area contributed by atoms with Crippen molar-refractivity contribution in [1.29, 1.82) is 0 Å². The molecule has 1 saturated heterocycles. The van der Waals surface area contributed by atoms with Crippen molar-refractivity contribution < 1.29 is 19.1 Å². The van der Waals surface area contributed by atoms with Gasteiger partial charge in [0.15, 0.2) is 11.4 Å². The highest BCUT2D eigenvalue weighted by atomic mass is 16.6. The molecule has 1 fully saturated rings. The van der Waals surface area contributed by atoms with Crippen LogP contribution in [0.15, 0.2) is 23.8 Å². The molecular formula is C25H41NO4. The second kappa shape index (κ2) is 13.1. The van der Waals surface area contributed by atoms with Crippen molar-refractivity contribution in [2.45, 2.75) is 109 Å². The van der Waals surface area contributed by atoms with Crippen LogP contribution in [0.4, 0.5) is 0 Å². The van der Waals surface area contributed by atoms with Gasteiger partial charge in [0.2, 0.25) is 5.91 Å². The summed E-state index contributed by atoms with van der Waals surface area (Å²) in [7, 11) is 1.78. The van der Waals surface area contributed by atoms with E-state index in [0.29, 0.717) is 19.4 Å². The summed E-state index contributed by atoms with van der Waals surface area (Å²) in [4.78, 5) is 24.3. The van der Waals surface area contributed by atoms with Crippen LogP contribution in [-0.2, 0) is 19.1 Å². The molecule has 5 nitrogen and oxygen atoms in total. The maximum atomic E-state index is 12.3. The molecule has 0 aromatic carbocycles. The first-order valence-electron chi connectivity index (χ1n) is 11.9. The number of nitrogens with one attached hydrogen (secondary N) is 1. The first kappa shape index (κ1) is 24.8. The van der Waals surface area contributed by atoms with Crippen molar-refractivity contribution in [2.24, 2.45) is 0 Å². The number of hydrogen-bond donors (Lipinski definition) is 1. The minimum Gasteiger partial charge on any atom is -0.381 e. The van der Waals surface area contributed by atoms with E-state index in [9.17, 15) is 9.59 Å². The predicted molar refractivity (Wildman–Crippen MR) is 120 cm³/mol. The van der Waals surface area contributed by atoms with Gasteiger partial charge in [-0.1, -0.05) is 57.3 Å². The lowest BCUT2D eigenvalue weighted by Gasteiger charge is -2.15. The van der Waals surface area contributed by atoms with Gasteiger partial charge in [-0.05, 0) is 51.0 Å². The molecule has 30 heavy (non-hydrogen) atoms. The zero-order valence-electron chi connectivity index (χ0n) is 19.2. The van der Waals surface area contributed by atoms with Crippen molar-refractivity contribution in [2.75, 3.05) is 13.7 Å². The molecule has 3 atom stereocenters. The van der Waals surface area contributed by atoms with Crippen LogP contribution in [0.25, 0.3) is 0 Å². The molecule has 1 N–H and O–H groups in total. The molecule has 0 radical (unpaired) electrons. The second-order valence-corrected chi connectivity index (χ2v) is 8.71. The summed E-state index contributed by atoms with van der Waals surface area (Å²) in [6.45, 7) is 4.69. The van der Waals surface area contributed by atoms with Crippen LogP contribution in [0.1, 0.15) is 90.9 Å². The largest absolute Gasteiger partial charge is 0.381 e. The van der Waals surface area contributed by atoms with Crippen LogP contribution in [0, 0.1) is 0 Å². The molecule has 5 heteroatoms. The van der Waals surface area contributed by atoms with Gasteiger partial charge in [-0.2, -0.15) is 0 Å². The molecule has 0 aromatic heterocycles. The fourth-order valence-corrected chi connectivity index (χ4v) is 4.26. The maximum Gasteiger partial charge on any atom is 0.220 e. The molecule has 170 valence electrons. The normalized spacial score (nSPS) is 23.9. The third kappa shape index (κ3) is 7.66. The van der Waals surface area contributed by atoms with Crippen molar-refractivity contribution in [3.63, 3.8) is 0 Å². The Hall–Kier alpha value is -1.46. The third-order valence-corrected chi connectivity index (χ3v) is 6.31. The van der Waals surface area contributed by atoms with E-state index >= 15 is 0 Å². The molecule has 0 bridgehead atoms. The summed E-state index contributed by atoms with van der Waals surface area (Å²) >= 11 is 0. The van der Waals surface area contributed by atoms with Gasteiger partial charge in [0.05, 0.1) is 12.2 Å². The Morgan fingerprint density at radius 1 is 1.30 bits per heavy atom. The van der Waals surface area contributed by atoms with Crippen LogP contribution in [0.3, 0.4) is 0 Å². The Kier molecular flexibility index (Phi) is 10.8. The maximum absolute atomic E-state index is 12.3. The summed E-state index contributed by atoms with van der Waals surface area (Å²) < 4.78 is 11.2. The summed E-state index contributed by atoms with van der Waals surface area (Å²) in [5.74, 6) is 0.196. The Bertz CT molecular complexity index is 612. The van der Waals surface area contributed by atoms with Crippen LogP contribution in [0.2, 0.25) is 0 Å². The molecule has 0 saturated carbocycles. The van der Waals surface area contributed by atoms with Crippen molar-refractivity contribution in [1.82, 2.24) is 5.32 Å². The average Bonchev–Trinajstić information content (AvgIpc) is 3.47. The molecule has 1 amide bonds. The number of amides is 1. The van der Waals surface area contributed by atoms with Crippen LogP contribution < -0.4 is 5.32 Å². The summed E-state index contributed by atoms with van der Waals surface area (Å²) in [6, 6.07) is 0. The van der Waals surface area contributed by atoms with E-state index in [1.165, 1.54) is 32.1 Å². The van der Waals surface area contributed by atoms with Gasteiger partial charge < -0.3 is 14.8 Å². The number of ether oxygens (including phenoxy) is 2. The first-order chi connectivity index (χ1) is 14.5. The Labute approximate surface area is 182 Å². The molecule has 0 spiro atoms. The topological polar surface area (TPSA) is 67.9 Å². The number of Topliss-reactive ketones (excluding diaryl/α,β-unsaturated/α-hetero) is 1. The standard InChI is InChI=1S/C25H41NO4/c1-4-5-6-7-9-13-21(29-3)14-10-8-11-15-23(27)26-19-12-18-25-22(30-25)17-16-20(2)24(25)28/h8,10,16,21-22H,4-7,9,11-15,17-19H2,1-3H3,(H,26,27). The smallest absolute Gasteiger partial charge is 0.220 e. The van der Waals surface area contributed by atoms with E-state index in [0.717, 1.165) is 37.7 Å². The molecule has 0 aromatic rings. The molecule has 1 aliphatic heterocycles. The highest BCUT2D eigenvalue weighted by Crippen LogP contribution is 2.48. The van der Waals surface area contributed by atoms with Crippen molar-refractivity contribution in [3.05, 3.63) is 23.8 Å². The fourth-order valence-electron chi connectivity index (χ4n) is 4.26. The SMILES string of the molecule is CCCCCCCC(CC=CCCC(=O)NCCCC12OC1CC=C(C)C2=O)OC. The van der Waals surface area contributed by atoms with Gasteiger partial charge in [-0.3, -0.25) is 9.59 Å². The van der Waals surface area contributed by atoms with E-state index < -0.39 is 5.60 Å². The number of unbranched alkanes of at least 4 members (excludes halogenated alkanes) is 4. The van der Waals surface area contributed by atoms with Gasteiger partial charge >= 0.3 is 0 Å². The number of fused-ring (bicyclic) bond motifs is 1. The lowest BCUT2D eigenvalue weighted by Crippen LogP contribution is -2.32. The minimum atomic E-state index is -0.583. The number of hydrogen-bond acceptors (Lipinski definition) is 4. The number of allylic oxidation sites excluding steroid dienone is 1. The Morgan fingerprint density at radius 3 is 2.87 bits per heavy atom. The third-order valence-electron chi connectivity index (χ3n) is 6.31. The number of rotatable bonds is 16. The average molecular weight is 420 g/mol. The highest BCUT2D eigenvalue weighted by Gasteiger charge is 2.62. The van der Waals surface area contributed by atoms with Gasteiger partial charge in [0.1, 0.15) is 0 Å². The van der Waals surface area contributed by atoms with E-state index in [1.54, 1.807) is 7.11 Å². The van der Waals surface area contributed by atoms with Crippen molar-refractivity contribution >= 4 is 11.7 Å². The number of methoxy groups -OCH3 is 1. The zero-order chi connectivity index (χ0) is 21.8. The minimum absolute atomic E-state index is 0.0572. The van der Waals surface area contributed by atoms with Crippen molar-refractivity contribution in [3.8, 4) is 0 Å². The number of ketones is 1. The summed E-state index contributed by atoms with van der Waals surface area (Å²) in [6.07, 6.45) is 18.5. The van der Waals surface area contributed by atoms with Gasteiger partial charge in [-0.15, -0.1) is 0 Å². The molecule has 3 unspecified atom stereocenters. The van der Waals surface area contributed by atoms with E-state index in [1.807, 2.05) is 13.0 Å². The number of carbonyl (C=O) groups excluding carboxylic acids is 2. The summed E-state index contributed by atoms with van der Waals surface area (Å²) in [5, 5.41) is 2.96.